The topological polar surface area (TPSA) is 60.9 Å². The van der Waals surface area contributed by atoms with Gasteiger partial charge in [0.2, 0.25) is 0 Å². The van der Waals surface area contributed by atoms with Gasteiger partial charge in [0, 0.05) is 24.1 Å². The molecular weight excluding hydrogens is 202 g/mol. The number of aromatic amines is 1. The summed E-state index contributed by atoms with van der Waals surface area (Å²) in [5.74, 6) is 0. The zero-order valence-corrected chi connectivity index (χ0v) is 10.3. The van der Waals surface area contributed by atoms with Gasteiger partial charge in [-0.15, -0.1) is 0 Å². The molecule has 1 aromatic rings. The summed E-state index contributed by atoms with van der Waals surface area (Å²) in [4.78, 5) is 0. The lowest BCUT2D eigenvalue weighted by Crippen LogP contribution is -2.34. The standard InChI is InChI=1S/C12H21N3O/c1-11(2,3)10-9(7-14-15-10)6-12(16)4-5-13-8-12/h7,13,16H,4-6,8H2,1-3H3,(H,14,15). The maximum absolute atomic E-state index is 10.3. The first-order valence-corrected chi connectivity index (χ1v) is 5.87. The molecule has 0 radical (unpaired) electrons. The maximum atomic E-state index is 10.3. The van der Waals surface area contributed by atoms with Crippen molar-refractivity contribution in [3.8, 4) is 0 Å². The van der Waals surface area contributed by atoms with Crippen molar-refractivity contribution in [1.82, 2.24) is 15.5 Å². The summed E-state index contributed by atoms with van der Waals surface area (Å²) >= 11 is 0. The van der Waals surface area contributed by atoms with E-state index in [1.54, 1.807) is 0 Å². The SMILES string of the molecule is CC(C)(C)c1[nH]ncc1CC1(O)CCNC1. The fourth-order valence-electron chi connectivity index (χ4n) is 2.33. The summed E-state index contributed by atoms with van der Waals surface area (Å²) in [6.07, 6.45) is 3.35. The van der Waals surface area contributed by atoms with E-state index in [2.05, 4.69) is 36.3 Å². The van der Waals surface area contributed by atoms with E-state index in [9.17, 15) is 5.11 Å². The number of hydrogen-bond acceptors (Lipinski definition) is 3. The van der Waals surface area contributed by atoms with Gasteiger partial charge in [0.1, 0.15) is 0 Å². The van der Waals surface area contributed by atoms with E-state index >= 15 is 0 Å². The lowest BCUT2D eigenvalue weighted by Gasteiger charge is -2.24. The molecule has 1 aliphatic rings. The van der Waals surface area contributed by atoms with Crippen molar-refractivity contribution in [2.24, 2.45) is 0 Å². The predicted molar refractivity (Wildman–Crippen MR) is 63.4 cm³/mol. The third-order valence-corrected chi connectivity index (χ3v) is 3.21. The van der Waals surface area contributed by atoms with Gasteiger partial charge in [0.05, 0.1) is 11.8 Å². The summed E-state index contributed by atoms with van der Waals surface area (Å²) in [5.41, 5.74) is 1.73. The van der Waals surface area contributed by atoms with Crippen LogP contribution < -0.4 is 5.32 Å². The van der Waals surface area contributed by atoms with Crippen LogP contribution in [0.3, 0.4) is 0 Å². The largest absolute Gasteiger partial charge is 0.388 e. The highest BCUT2D eigenvalue weighted by Gasteiger charge is 2.33. The minimum absolute atomic E-state index is 0.0498. The van der Waals surface area contributed by atoms with E-state index in [4.69, 9.17) is 0 Å². The maximum Gasteiger partial charge on any atom is 0.0824 e. The van der Waals surface area contributed by atoms with Crippen molar-refractivity contribution < 1.29 is 5.11 Å². The van der Waals surface area contributed by atoms with Crippen LogP contribution in [0.4, 0.5) is 0 Å². The van der Waals surface area contributed by atoms with Crippen molar-refractivity contribution in [2.75, 3.05) is 13.1 Å². The van der Waals surface area contributed by atoms with Gasteiger partial charge in [-0.3, -0.25) is 5.10 Å². The number of rotatable bonds is 2. The Morgan fingerprint density at radius 1 is 1.50 bits per heavy atom. The van der Waals surface area contributed by atoms with E-state index in [1.165, 1.54) is 0 Å². The normalized spacial score (nSPS) is 26.2. The Morgan fingerprint density at radius 2 is 2.25 bits per heavy atom. The van der Waals surface area contributed by atoms with E-state index < -0.39 is 5.60 Å². The Hall–Kier alpha value is -0.870. The zero-order chi connectivity index (χ0) is 11.8. The number of nitrogens with one attached hydrogen (secondary N) is 2. The number of hydrogen-bond donors (Lipinski definition) is 3. The van der Waals surface area contributed by atoms with Crippen molar-refractivity contribution in [2.45, 2.75) is 44.6 Å². The molecule has 3 N–H and O–H groups in total. The van der Waals surface area contributed by atoms with Gasteiger partial charge in [0.25, 0.3) is 0 Å². The molecule has 1 saturated heterocycles. The zero-order valence-electron chi connectivity index (χ0n) is 10.3. The van der Waals surface area contributed by atoms with Gasteiger partial charge in [-0.25, -0.2) is 0 Å². The molecule has 2 rings (SSSR count). The smallest absolute Gasteiger partial charge is 0.0824 e. The Kier molecular flexibility index (Phi) is 2.80. The van der Waals surface area contributed by atoms with Crippen molar-refractivity contribution >= 4 is 0 Å². The molecule has 1 aromatic heterocycles. The molecular formula is C12H21N3O. The Balaban J connectivity index is 2.19. The molecule has 0 spiro atoms. The van der Waals surface area contributed by atoms with E-state index in [1.807, 2.05) is 6.20 Å². The molecule has 0 aliphatic carbocycles. The number of β-amino-alcohol motifs (C(OH)–C–C–N with tert-alkyl or cyclic N) is 1. The van der Waals surface area contributed by atoms with Crippen LogP contribution in [0.15, 0.2) is 6.20 Å². The predicted octanol–water partition coefficient (Wildman–Crippen LogP) is 0.974. The second-order valence-corrected chi connectivity index (χ2v) is 5.85. The number of nitrogens with zero attached hydrogens (tertiary/aromatic N) is 1. The number of H-pyrrole nitrogens is 1. The number of aliphatic hydroxyl groups is 1. The molecule has 0 amide bonds. The van der Waals surface area contributed by atoms with E-state index in [0.29, 0.717) is 13.0 Å². The highest BCUT2D eigenvalue weighted by molar-refractivity contribution is 5.25. The first-order valence-electron chi connectivity index (χ1n) is 5.87. The molecule has 1 fully saturated rings. The summed E-state index contributed by atoms with van der Waals surface area (Å²) in [6.45, 7) is 8.05. The molecule has 1 unspecified atom stereocenters. The third kappa shape index (κ3) is 2.28. The van der Waals surface area contributed by atoms with E-state index in [-0.39, 0.29) is 5.41 Å². The second kappa shape index (κ2) is 3.86. The fraction of sp³-hybridized carbons (Fsp3) is 0.750. The van der Waals surface area contributed by atoms with Crippen LogP contribution in [0.5, 0.6) is 0 Å². The summed E-state index contributed by atoms with van der Waals surface area (Å²) in [7, 11) is 0. The summed E-state index contributed by atoms with van der Waals surface area (Å²) < 4.78 is 0. The van der Waals surface area contributed by atoms with Crippen LogP contribution in [0.2, 0.25) is 0 Å². The molecule has 2 heterocycles. The number of aromatic nitrogens is 2. The lowest BCUT2D eigenvalue weighted by molar-refractivity contribution is 0.0615. The Morgan fingerprint density at radius 3 is 2.81 bits per heavy atom. The quantitative estimate of drug-likeness (QED) is 0.700. The average Bonchev–Trinajstić information content (AvgIpc) is 2.73. The summed E-state index contributed by atoms with van der Waals surface area (Å²) in [5, 5.41) is 20.7. The van der Waals surface area contributed by atoms with Crippen molar-refractivity contribution in [1.29, 1.82) is 0 Å². The van der Waals surface area contributed by atoms with Crippen LogP contribution in [0, 0.1) is 0 Å². The van der Waals surface area contributed by atoms with Gasteiger partial charge < -0.3 is 10.4 Å². The molecule has 0 aromatic carbocycles. The third-order valence-electron chi connectivity index (χ3n) is 3.21. The molecule has 4 heteroatoms. The van der Waals surface area contributed by atoms with Gasteiger partial charge >= 0.3 is 0 Å². The van der Waals surface area contributed by atoms with Crippen LogP contribution >= 0.6 is 0 Å². The molecule has 16 heavy (non-hydrogen) atoms. The molecule has 90 valence electrons. The van der Waals surface area contributed by atoms with Gasteiger partial charge in [-0.1, -0.05) is 20.8 Å². The highest BCUT2D eigenvalue weighted by Crippen LogP contribution is 2.28. The van der Waals surface area contributed by atoms with Crippen LogP contribution in [0.1, 0.15) is 38.4 Å². The first kappa shape index (κ1) is 11.6. The van der Waals surface area contributed by atoms with Gasteiger partial charge in [-0.05, 0) is 18.5 Å². The van der Waals surface area contributed by atoms with Crippen molar-refractivity contribution in [3.63, 3.8) is 0 Å². The Bertz CT molecular complexity index is 359. The molecule has 0 bridgehead atoms. The Labute approximate surface area is 96.5 Å². The minimum atomic E-state index is -0.593. The van der Waals surface area contributed by atoms with Crippen LogP contribution in [0.25, 0.3) is 0 Å². The second-order valence-electron chi connectivity index (χ2n) is 5.85. The monoisotopic (exact) mass is 223 g/mol. The van der Waals surface area contributed by atoms with Gasteiger partial charge in [0.15, 0.2) is 0 Å². The molecule has 0 saturated carbocycles. The average molecular weight is 223 g/mol. The fourth-order valence-corrected chi connectivity index (χ4v) is 2.33. The first-order chi connectivity index (χ1) is 7.41. The van der Waals surface area contributed by atoms with Crippen molar-refractivity contribution in [3.05, 3.63) is 17.5 Å². The highest BCUT2D eigenvalue weighted by atomic mass is 16.3. The molecule has 4 nitrogen and oxygen atoms in total. The molecule has 1 aliphatic heterocycles. The lowest BCUT2D eigenvalue weighted by atomic mass is 9.85. The van der Waals surface area contributed by atoms with E-state index in [0.717, 1.165) is 24.2 Å². The summed E-state index contributed by atoms with van der Waals surface area (Å²) in [6, 6.07) is 0. The van der Waals surface area contributed by atoms with Crippen LogP contribution in [-0.4, -0.2) is 34.0 Å². The van der Waals surface area contributed by atoms with Gasteiger partial charge in [-0.2, -0.15) is 5.10 Å². The minimum Gasteiger partial charge on any atom is -0.388 e. The molecule has 1 atom stereocenters. The van der Waals surface area contributed by atoms with Crippen LogP contribution in [-0.2, 0) is 11.8 Å².